The van der Waals surface area contributed by atoms with Gasteiger partial charge in [-0.25, -0.2) is 9.59 Å². The summed E-state index contributed by atoms with van der Waals surface area (Å²) in [5.74, 6) is 0.641. The Hall–Kier alpha value is -4.08. The largest absolute Gasteiger partial charge is 0.496 e. The number of aromatic carboxylic acids is 1. The number of piperidine rings is 1. The van der Waals surface area contributed by atoms with Gasteiger partial charge in [-0.1, -0.05) is 42.5 Å². The monoisotopic (exact) mass is 605 g/mol. The number of rotatable bonds is 13. The van der Waals surface area contributed by atoms with E-state index in [2.05, 4.69) is 0 Å². The molecule has 9 heteroatoms. The minimum absolute atomic E-state index is 0.0359. The van der Waals surface area contributed by atoms with E-state index in [9.17, 15) is 14.7 Å². The van der Waals surface area contributed by atoms with Crippen LogP contribution in [0, 0.1) is 0 Å². The lowest BCUT2D eigenvalue weighted by atomic mass is 9.87. The Kier molecular flexibility index (Phi) is 11.6. The molecular formula is C35H43NO8. The van der Waals surface area contributed by atoms with Gasteiger partial charge in [-0.05, 0) is 68.7 Å². The predicted octanol–water partition coefficient (Wildman–Crippen LogP) is 6.69. The zero-order valence-electron chi connectivity index (χ0n) is 26.0. The molecule has 2 atom stereocenters. The number of para-hydroxylation sites is 1. The Morgan fingerprint density at radius 3 is 2.45 bits per heavy atom. The molecule has 0 bridgehead atoms. The van der Waals surface area contributed by atoms with Crippen molar-refractivity contribution in [3.05, 3.63) is 95.1 Å². The Morgan fingerprint density at radius 2 is 1.73 bits per heavy atom. The summed E-state index contributed by atoms with van der Waals surface area (Å²) < 4.78 is 29.1. The van der Waals surface area contributed by atoms with Gasteiger partial charge in [0, 0.05) is 24.4 Å². The fourth-order valence-electron chi connectivity index (χ4n) is 5.12. The molecule has 0 aromatic heterocycles. The standard InChI is InChI=1S/C35H43NO8/c1-35(2,3)44-34(39)36-18-17-30(32(22-36)43-23-25-9-7-11-27(21-25)33(37)38)26-13-15-29(16-14-26)42-20-8-19-41-24-28-10-5-6-12-31(28)40-4/h5-7,9-16,21,30,32H,8,17-20,22-24H2,1-4H3,(H,37,38). The van der Waals surface area contributed by atoms with Crippen molar-refractivity contribution in [2.24, 2.45) is 0 Å². The summed E-state index contributed by atoms with van der Waals surface area (Å²) in [6, 6.07) is 22.5. The summed E-state index contributed by atoms with van der Waals surface area (Å²) in [7, 11) is 1.65. The van der Waals surface area contributed by atoms with Gasteiger partial charge in [0.2, 0.25) is 0 Å². The van der Waals surface area contributed by atoms with Crippen LogP contribution < -0.4 is 9.47 Å². The molecule has 1 heterocycles. The van der Waals surface area contributed by atoms with E-state index < -0.39 is 11.6 Å². The molecule has 0 aliphatic carbocycles. The predicted molar refractivity (Wildman–Crippen MR) is 166 cm³/mol. The Labute approximate surface area is 259 Å². The molecule has 1 aliphatic heterocycles. The highest BCUT2D eigenvalue weighted by atomic mass is 16.6. The number of carbonyl (C=O) groups is 2. The van der Waals surface area contributed by atoms with Gasteiger partial charge < -0.3 is 33.7 Å². The first-order valence-corrected chi connectivity index (χ1v) is 15.0. The third kappa shape index (κ3) is 9.72. The van der Waals surface area contributed by atoms with Crippen LogP contribution in [0.5, 0.6) is 11.5 Å². The number of likely N-dealkylation sites (tertiary alicyclic amines) is 1. The average Bonchev–Trinajstić information content (AvgIpc) is 3.01. The van der Waals surface area contributed by atoms with Gasteiger partial charge in [0.15, 0.2) is 0 Å². The number of amides is 1. The number of carboxylic acids is 1. The van der Waals surface area contributed by atoms with Crippen molar-refractivity contribution in [2.45, 2.75) is 64.4 Å². The van der Waals surface area contributed by atoms with Gasteiger partial charge in [-0.2, -0.15) is 0 Å². The Bertz CT molecular complexity index is 1370. The van der Waals surface area contributed by atoms with E-state index in [1.54, 1.807) is 30.2 Å². The lowest BCUT2D eigenvalue weighted by molar-refractivity contribution is -0.0360. The van der Waals surface area contributed by atoms with Crippen LogP contribution in [0.25, 0.3) is 0 Å². The maximum absolute atomic E-state index is 12.9. The highest BCUT2D eigenvalue weighted by Crippen LogP contribution is 2.33. The van der Waals surface area contributed by atoms with Crippen LogP contribution in [0.15, 0.2) is 72.8 Å². The number of carbonyl (C=O) groups excluding carboxylic acids is 1. The molecule has 1 amide bonds. The minimum Gasteiger partial charge on any atom is -0.496 e. The molecule has 1 aliphatic rings. The summed E-state index contributed by atoms with van der Waals surface area (Å²) in [4.78, 5) is 26.0. The first kappa shape index (κ1) is 32.8. The van der Waals surface area contributed by atoms with E-state index in [1.807, 2.05) is 75.4 Å². The lowest BCUT2D eigenvalue weighted by Gasteiger charge is -2.39. The van der Waals surface area contributed by atoms with Crippen LogP contribution in [0.4, 0.5) is 4.79 Å². The third-order valence-electron chi connectivity index (χ3n) is 7.31. The molecule has 1 fully saturated rings. The van der Waals surface area contributed by atoms with Crippen molar-refractivity contribution in [1.29, 1.82) is 0 Å². The van der Waals surface area contributed by atoms with Crippen LogP contribution >= 0.6 is 0 Å². The molecule has 236 valence electrons. The highest BCUT2D eigenvalue weighted by molar-refractivity contribution is 5.87. The summed E-state index contributed by atoms with van der Waals surface area (Å²) in [5.41, 5.74) is 2.47. The normalized spacial score (nSPS) is 16.8. The number of benzene rings is 3. The topological polar surface area (TPSA) is 104 Å². The van der Waals surface area contributed by atoms with E-state index in [1.165, 1.54) is 0 Å². The number of hydrogen-bond acceptors (Lipinski definition) is 7. The second-order valence-electron chi connectivity index (χ2n) is 11.8. The van der Waals surface area contributed by atoms with Crippen molar-refractivity contribution in [3.8, 4) is 11.5 Å². The second kappa shape index (κ2) is 15.6. The fraction of sp³-hybridized carbons (Fsp3) is 0.429. The summed E-state index contributed by atoms with van der Waals surface area (Å²) >= 11 is 0. The van der Waals surface area contributed by atoms with Crippen molar-refractivity contribution in [1.82, 2.24) is 4.90 Å². The molecule has 0 spiro atoms. The molecule has 3 aromatic carbocycles. The molecule has 2 unspecified atom stereocenters. The van der Waals surface area contributed by atoms with Crippen LogP contribution in [0.1, 0.15) is 66.6 Å². The van der Waals surface area contributed by atoms with Crippen molar-refractivity contribution < 1.29 is 38.4 Å². The van der Waals surface area contributed by atoms with E-state index >= 15 is 0 Å². The number of ether oxygens (including phenoxy) is 5. The Balaban J connectivity index is 1.33. The van der Waals surface area contributed by atoms with Crippen molar-refractivity contribution in [3.63, 3.8) is 0 Å². The maximum Gasteiger partial charge on any atom is 0.410 e. The van der Waals surface area contributed by atoms with E-state index in [4.69, 9.17) is 23.7 Å². The van der Waals surface area contributed by atoms with Gasteiger partial charge in [0.25, 0.3) is 0 Å². The molecule has 9 nitrogen and oxygen atoms in total. The number of hydrogen-bond donors (Lipinski definition) is 1. The van der Waals surface area contributed by atoms with Gasteiger partial charge in [0.05, 0.1) is 51.7 Å². The summed E-state index contributed by atoms with van der Waals surface area (Å²) in [5, 5.41) is 9.36. The van der Waals surface area contributed by atoms with Gasteiger partial charge in [0.1, 0.15) is 17.1 Å². The lowest BCUT2D eigenvalue weighted by Crippen LogP contribution is -2.48. The van der Waals surface area contributed by atoms with E-state index in [0.717, 1.165) is 34.6 Å². The smallest absolute Gasteiger partial charge is 0.410 e. The van der Waals surface area contributed by atoms with Crippen molar-refractivity contribution in [2.75, 3.05) is 33.4 Å². The molecule has 3 aromatic rings. The maximum atomic E-state index is 12.9. The van der Waals surface area contributed by atoms with Crippen molar-refractivity contribution >= 4 is 12.1 Å². The summed E-state index contributed by atoms with van der Waals surface area (Å²) in [6.45, 7) is 8.26. The number of nitrogens with zero attached hydrogens (tertiary/aromatic N) is 1. The second-order valence-corrected chi connectivity index (χ2v) is 11.8. The molecular weight excluding hydrogens is 562 g/mol. The van der Waals surface area contributed by atoms with E-state index in [-0.39, 0.29) is 30.3 Å². The van der Waals surface area contributed by atoms with E-state index in [0.29, 0.717) is 39.3 Å². The highest BCUT2D eigenvalue weighted by Gasteiger charge is 2.35. The number of carboxylic acid groups (broad SMARTS) is 1. The zero-order chi connectivity index (χ0) is 31.5. The van der Waals surface area contributed by atoms with Crippen LogP contribution in [0.3, 0.4) is 0 Å². The minimum atomic E-state index is -0.985. The van der Waals surface area contributed by atoms with Crippen LogP contribution in [-0.4, -0.2) is 67.2 Å². The SMILES string of the molecule is COc1ccccc1COCCCOc1ccc(C2CCN(C(=O)OC(C)(C)C)CC2OCc2cccc(C(=O)O)c2)cc1. The Morgan fingerprint density at radius 1 is 0.955 bits per heavy atom. The average molecular weight is 606 g/mol. The first-order valence-electron chi connectivity index (χ1n) is 15.0. The first-order chi connectivity index (χ1) is 21.1. The fourth-order valence-corrected chi connectivity index (χ4v) is 5.12. The zero-order valence-corrected chi connectivity index (χ0v) is 26.0. The number of methoxy groups -OCH3 is 1. The molecule has 0 saturated carbocycles. The quantitative estimate of drug-likeness (QED) is 0.215. The molecule has 1 saturated heterocycles. The van der Waals surface area contributed by atoms with Gasteiger partial charge in [-0.15, -0.1) is 0 Å². The summed E-state index contributed by atoms with van der Waals surface area (Å²) in [6.07, 6.45) is 0.770. The van der Waals surface area contributed by atoms with Crippen LogP contribution in [-0.2, 0) is 27.4 Å². The van der Waals surface area contributed by atoms with Gasteiger partial charge in [-0.3, -0.25) is 0 Å². The molecule has 44 heavy (non-hydrogen) atoms. The molecule has 1 N–H and O–H groups in total. The molecule has 0 radical (unpaired) electrons. The third-order valence-corrected chi connectivity index (χ3v) is 7.31. The van der Waals surface area contributed by atoms with Crippen LogP contribution in [0.2, 0.25) is 0 Å². The molecule has 4 rings (SSSR count). The van der Waals surface area contributed by atoms with Gasteiger partial charge >= 0.3 is 12.1 Å².